The third-order valence-electron chi connectivity index (χ3n) is 3.60. The van der Waals surface area contributed by atoms with Gasteiger partial charge in [0.2, 0.25) is 5.91 Å². The number of rotatable bonds is 2. The van der Waals surface area contributed by atoms with Crippen LogP contribution < -0.4 is 0 Å². The van der Waals surface area contributed by atoms with Crippen LogP contribution in [0, 0.1) is 5.92 Å². The summed E-state index contributed by atoms with van der Waals surface area (Å²) in [5, 5.41) is 0. The van der Waals surface area contributed by atoms with Gasteiger partial charge in [0.15, 0.2) is 0 Å². The molecule has 1 aromatic carbocycles. The Balaban J connectivity index is -0.000000239. The summed E-state index contributed by atoms with van der Waals surface area (Å²) in [4.78, 5) is 26.6. The first-order valence-corrected chi connectivity index (χ1v) is 11.8. The van der Waals surface area contributed by atoms with E-state index in [9.17, 15) is 9.59 Å². The van der Waals surface area contributed by atoms with Crippen molar-refractivity contribution in [2.75, 3.05) is 13.6 Å². The minimum atomic E-state index is -0.409. The van der Waals surface area contributed by atoms with Gasteiger partial charge in [-0.2, -0.15) is 0 Å². The Labute approximate surface area is 189 Å². The summed E-state index contributed by atoms with van der Waals surface area (Å²) in [5.74, 6) is 0.722. The zero-order valence-corrected chi connectivity index (χ0v) is 22.6. The van der Waals surface area contributed by atoms with Crippen molar-refractivity contribution in [3.63, 3.8) is 0 Å². The summed E-state index contributed by atoms with van der Waals surface area (Å²) in [6, 6.07) is 9.65. The highest BCUT2D eigenvalue weighted by Crippen LogP contribution is 2.30. The third-order valence-corrected chi connectivity index (χ3v) is 3.60. The first-order valence-electron chi connectivity index (χ1n) is 11.8. The molecule has 0 spiro atoms. The van der Waals surface area contributed by atoms with Gasteiger partial charge >= 0.3 is 6.03 Å². The van der Waals surface area contributed by atoms with Crippen LogP contribution >= 0.6 is 0 Å². The molecule has 1 heterocycles. The van der Waals surface area contributed by atoms with E-state index in [4.69, 9.17) is 0 Å². The number of imide groups is 1. The van der Waals surface area contributed by atoms with Crippen molar-refractivity contribution in [1.82, 2.24) is 9.80 Å². The van der Waals surface area contributed by atoms with Crippen molar-refractivity contribution in [1.29, 1.82) is 0 Å². The molecule has 3 amide bonds. The molecule has 0 aliphatic carbocycles. The summed E-state index contributed by atoms with van der Waals surface area (Å²) < 4.78 is 0. The SMILES string of the molecule is CC.CC.CC.CC.CC(C)C.CN1C(=O)CCN(C(C)(C)c2ccccc2)C1=O. The van der Waals surface area contributed by atoms with Gasteiger partial charge in [0.05, 0.1) is 5.54 Å². The number of amides is 3. The Hall–Kier alpha value is -1.84. The van der Waals surface area contributed by atoms with Gasteiger partial charge in [0.1, 0.15) is 0 Å². The smallest absolute Gasteiger partial charge is 0.315 e. The van der Waals surface area contributed by atoms with E-state index in [0.29, 0.717) is 13.0 Å². The lowest BCUT2D eigenvalue weighted by molar-refractivity contribution is -0.130. The average Bonchev–Trinajstić information content (AvgIpc) is 2.78. The normalized spacial score (nSPS) is 12.4. The first-order chi connectivity index (χ1) is 14.2. The second-order valence-electron chi connectivity index (χ2n) is 6.79. The van der Waals surface area contributed by atoms with Gasteiger partial charge in [-0.1, -0.05) is 106 Å². The van der Waals surface area contributed by atoms with Gasteiger partial charge < -0.3 is 4.90 Å². The molecule has 0 unspecified atom stereocenters. The van der Waals surface area contributed by atoms with Crippen molar-refractivity contribution < 1.29 is 9.59 Å². The maximum absolute atomic E-state index is 12.2. The van der Waals surface area contributed by atoms with Gasteiger partial charge in [-0.15, -0.1) is 0 Å². The molecule has 2 rings (SSSR count). The zero-order chi connectivity index (χ0) is 24.9. The standard InChI is InChI=1S/C14H18N2O2.C4H10.4C2H6/c1-14(2,11-7-5-4-6-8-11)16-10-9-12(17)15(3)13(16)18;1-4(2)3;4*1-2/h4-8H,9-10H2,1-3H3;4H,1-3H3;4*1-2H3. The Bertz CT molecular complexity index is 508. The van der Waals surface area contributed by atoms with Gasteiger partial charge in [0.25, 0.3) is 0 Å². The molecule has 1 aliphatic rings. The minimum absolute atomic E-state index is 0.111. The van der Waals surface area contributed by atoms with E-state index in [1.807, 2.05) is 99.6 Å². The molecule has 0 radical (unpaired) electrons. The maximum Gasteiger partial charge on any atom is 0.327 e. The van der Waals surface area contributed by atoms with E-state index < -0.39 is 5.54 Å². The molecule has 1 saturated heterocycles. The summed E-state index contributed by atoms with van der Waals surface area (Å²) in [6.07, 6.45) is 0.387. The van der Waals surface area contributed by atoms with Crippen LogP contribution in [0.25, 0.3) is 0 Å². The topological polar surface area (TPSA) is 40.6 Å². The van der Waals surface area contributed by atoms with Crippen molar-refractivity contribution in [2.24, 2.45) is 5.92 Å². The molecule has 178 valence electrons. The predicted octanol–water partition coefficient (Wildman–Crippen LogP) is 7.97. The Morgan fingerprint density at radius 1 is 0.800 bits per heavy atom. The maximum atomic E-state index is 12.2. The van der Waals surface area contributed by atoms with Crippen molar-refractivity contribution in [3.8, 4) is 0 Å². The van der Waals surface area contributed by atoms with Gasteiger partial charge in [-0.3, -0.25) is 9.69 Å². The lowest BCUT2D eigenvalue weighted by atomic mass is 9.91. The number of carbonyl (C=O) groups is 2. The molecule has 0 aromatic heterocycles. The number of carbonyl (C=O) groups excluding carboxylic acids is 2. The molecule has 4 nitrogen and oxygen atoms in total. The predicted molar refractivity (Wildman–Crippen MR) is 135 cm³/mol. The molecule has 1 fully saturated rings. The highest BCUT2D eigenvalue weighted by atomic mass is 16.2. The quantitative estimate of drug-likeness (QED) is 0.483. The largest absolute Gasteiger partial charge is 0.327 e. The van der Waals surface area contributed by atoms with E-state index in [2.05, 4.69) is 20.8 Å². The molecular weight excluding hydrogens is 372 g/mol. The van der Waals surface area contributed by atoms with E-state index in [0.717, 1.165) is 11.5 Å². The Morgan fingerprint density at radius 2 is 1.17 bits per heavy atom. The summed E-state index contributed by atoms with van der Waals surface area (Å²) in [7, 11) is 1.54. The van der Waals surface area contributed by atoms with Crippen LogP contribution in [0.2, 0.25) is 0 Å². The first kappa shape index (κ1) is 35.6. The van der Waals surface area contributed by atoms with Crippen LogP contribution in [0.5, 0.6) is 0 Å². The molecule has 0 bridgehead atoms. The molecule has 0 saturated carbocycles. The fourth-order valence-electron chi connectivity index (χ4n) is 2.28. The average molecular weight is 425 g/mol. The Morgan fingerprint density at radius 3 is 1.53 bits per heavy atom. The number of benzene rings is 1. The van der Waals surface area contributed by atoms with Crippen LogP contribution in [0.15, 0.2) is 30.3 Å². The highest BCUT2D eigenvalue weighted by Gasteiger charge is 2.38. The summed E-state index contributed by atoms with van der Waals surface area (Å²) >= 11 is 0. The number of hydrogen-bond acceptors (Lipinski definition) is 2. The Kier molecular flexibility index (Phi) is 25.9. The molecule has 4 heteroatoms. The van der Waals surface area contributed by atoms with Crippen molar-refractivity contribution in [3.05, 3.63) is 35.9 Å². The van der Waals surface area contributed by atoms with Gasteiger partial charge in [-0.25, -0.2) is 4.79 Å². The zero-order valence-electron chi connectivity index (χ0n) is 22.6. The molecule has 1 aliphatic heterocycles. The fourth-order valence-corrected chi connectivity index (χ4v) is 2.28. The summed E-state index contributed by atoms with van der Waals surface area (Å²) in [6.45, 7) is 27.0. The van der Waals surface area contributed by atoms with E-state index in [1.54, 1.807) is 4.90 Å². The second kappa shape index (κ2) is 21.9. The molecular formula is C26H52N2O2. The molecule has 0 N–H and O–H groups in total. The van der Waals surface area contributed by atoms with Crippen LogP contribution in [0.1, 0.15) is 102 Å². The second-order valence-corrected chi connectivity index (χ2v) is 6.79. The third kappa shape index (κ3) is 13.4. The molecule has 30 heavy (non-hydrogen) atoms. The van der Waals surface area contributed by atoms with Gasteiger partial charge in [0, 0.05) is 20.0 Å². The van der Waals surface area contributed by atoms with Crippen LogP contribution in [-0.4, -0.2) is 35.3 Å². The monoisotopic (exact) mass is 424 g/mol. The number of nitrogens with zero attached hydrogens (tertiary/aromatic N) is 2. The van der Waals surface area contributed by atoms with Crippen LogP contribution in [0.3, 0.4) is 0 Å². The van der Waals surface area contributed by atoms with E-state index >= 15 is 0 Å². The molecule has 0 atom stereocenters. The highest BCUT2D eigenvalue weighted by molar-refractivity contribution is 5.96. The lowest BCUT2D eigenvalue weighted by Gasteiger charge is -2.43. The van der Waals surface area contributed by atoms with Crippen LogP contribution in [-0.2, 0) is 10.3 Å². The molecule has 1 aromatic rings. The van der Waals surface area contributed by atoms with E-state index in [1.165, 1.54) is 11.9 Å². The fraction of sp³-hybridized carbons (Fsp3) is 0.692. The van der Waals surface area contributed by atoms with E-state index in [-0.39, 0.29) is 11.9 Å². The number of urea groups is 1. The van der Waals surface area contributed by atoms with Crippen LogP contribution in [0.4, 0.5) is 4.79 Å². The van der Waals surface area contributed by atoms with Crippen molar-refractivity contribution >= 4 is 11.9 Å². The van der Waals surface area contributed by atoms with Gasteiger partial charge in [-0.05, 0) is 25.3 Å². The number of hydrogen-bond donors (Lipinski definition) is 0. The lowest BCUT2D eigenvalue weighted by Crippen LogP contribution is -2.56. The van der Waals surface area contributed by atoms with Crippen molar-refractivity contribution in [2.45, 2.75) is 102 Å². The summed E-state index contributed by atoms with van der Waals surface area (Å²) in [5.41, 5.74) is 0.661. The minimum Gasteiger partial charge on any atom is -0.315 e.